The Morgan fingerprint density at radius 3 is 2.45 bits per heavy atom. The monoisotopic (exact) mass is 547 g/mol. The summed E-state index contributed by atoms with van der Waals surface area (Å²) in [5, 5.41) is 5.74. The van der Waals surface area contributed by atoms with E-state index in [-0.39, 0.29) is 17.8 Å². The summed E-state index contributed by atoms with van der Waals surface area (Å²) in [6.07, 6.45) is 2.70. The minimum atomic E-state index is -0.556. The number of piperidine rings is 1. The van der Waals surface area contributed by atoms with E-state index in [9.17, 15) is 9.18 Å². The maximum Gasteiger partial charge on any atom is 0.410 e. The van der Waals surface area contributed by atoms with E-state index in [1.54, 1.807) is 30.3 Å². The minimum absolute atomic E-state index is 0.0427. The van der Waals surface area contributed by atoms with Crippen LogP contribution in [0.5, 0.6) is 17.2 Å². The van der Waals surface area contributed by atoms with Crippen molar-refractivity contribution in [2.75, 3.05) is 25.9 Å². The molecule has 10 heteroatoms. The first-order valence-corrected chi connectivity index (χ1v) is 13.3. The van der Waals surface area contributed by atoms with Crippen molar-refractivity contribution in [3.63, 3.8) is 0 Å². The van der Waals surface area contributed by atoms with Gasteiger partial charge in [-0.25, -0.2) is 18.9 Å². The Labute approximate surface area is 232 Å². The van der Waals surface area contributed by atoms with Crippen molar-refractivity contribution in [2.45, 2.75) is 51.7 Å². The molecule has 9 nitrogen and oxygen atoms in total. The molecular weight excluding hydrogens is 513 g/mol. The van der Waals surface area contributed by atoms with Gasteiger partial charge in [-0.15, -0.1) is 0 Å². The molecule has 0 aliphatic carbocycles. The smallest absolute Gasteiger partial charge is 0.410 e. The van der Waals surface area contributed by atoms with E-state index in [1.165, 1.54) is 12.1 Å². The maximum absolute atomic E-state index is 14.7. The summed E-state index contributed by atoms with van der Waals surface area (Å²) in [7, 11) is 1.63. The number of aromatic nitrogens is 3. The van der Waals surface area contributed by atoms with E-state index in [1.807, 2.05) is 49.7 Å². The molecule has 2 aromatic carbocycles. The van der Waals surface area contributed by atoms with E-state index in [0.29, 0.717) is 49.6 Å². The number of likely N-dealkylation sites (tertiary alicyclic amines) is 1. The molecule has 0 unspecified atom stereocenters. The third-order valence-electron chi connectivity index (χ3n) is 6.82. The zero-order chi connectivity index (χ0) is 28.4. The molecule has 0 spiro atoms. The van der Waals surface area contributed by atoms with E-state index < -0.39 is 11.4 Å². The highest BCUT2D eigenvalue weighted by atomic mass is 19.1. The van der Waals surface area contributed by atoms with Crippen molar-refractivity contribution in [1.82, 2.24) is 19.7 Å². The fourth-order valence-electron chi connectivity index (χ4n) is 4.86. The third kappa shape index (κ3) is 5.95. The number of fused-ring (bicyclic) bond motifs is 1. The molecule has 1 saturated heterocycles. The molecule has 0 atom stereocenters. The summed E-state index contributed by atoms with van der Waals surface area (Å²) in [6.45, 7) is 7.13. The van der Waals surface area contributed by atoms with Crippen LogP contribution in [0.4, 0.5) is 14.9 Å². The molecular formula is C30H34FN5O4. The predicted molar refractivity (Wildman–Crippen MR) is 150 cm³/mol. The molecule has 40 heavy (non-hydrogen) atoms. The third-order valence-corrected chi connectivity index (χ3v) is 6.82. The van der Waals surface area contributed by atoms with Crippen molar-refractivity contribution in [3.05, 3.63) is 71.8 Å². The molecule has 3 heterocycles. The number of halogens is 1. The number of anilines is 1. The Morgan fingerprint density at radius 2 is 1.80 bits per heavy atom. The van der Waals surface area contributed by atoms with Crippen LogP contribution in [0.25, 0.3) is 11.0 Å². The zero-order valence-electron chi connectivity index (χ0n) is 23.2. The Balaban J connectivity index is 1.49. The number of benzene rings is 2. The lowest BCUT2D eigenvalue weighted by molar-refractivity contribution is 0.0204. The average Bonchev–Trinajstić information content (AvgIpc) is 3.29. The van der Waals surface area contributed by atoms with Crippen LogP contribution in [0, 0.1) is 5.82 Å². The molecule has 0 bridgehead atoms. The number of nitrogen functional groups attached to an aromatic ring is 1. The van der Waals surface area contributed by atoms with Gasteiger partial charge in [0.2, 0.25) is 0 Å². The van der Waals surface area contributed by atoms with Crippen molar-refractivity contribution >= 4 is 22.8 Å². The van der Waals surface area contributed by atoms with Gasteiger partial charge in [0.15, 0.2) is 17.2 Å². The zero-order valence-corrected chi connectivity index (χ0v) is 23.2. The second-order valence-electron chi connectivity index (χ2n) is 10.9. The van der Waals surface area contributed by atoms with Crippen LogP contribution in [0.2, 0.25) is 0 Å². The Kier molecular flexibility index (Phi) is 7.51. The Hall–Kier alpha value is -4.34. The van der Waals surface area contributed by atoms with E-state index in [0.717, 1.165) is 22.4 Å². The summed E-state index contributed by atoms with van der Waals surface area (Å²) in [5.41, 5.74) is 7.96. The first-order chi connectivity index (χ1) is 19.1. The molecule has 2 N–H and O–H groups in total. The molecule has 210 valence electrons. The first kappa shape index (κ1) is 27.2. The first-order valence-electron chi connectivity index (χ1n) is 13.3. The number of rotatable bonds is 6. The lowest BCUT2D eigenvalue weighted by atomic mass is 9.92. The van der Waals surface area contributed by atoms with E-state index in [2.05, 4.69) is 4.98 Å². The number of nitrogens with two attached hydrogens (primary N) is 1. The number of pyridine rings is 1. The second-order valence-corrected chi connectivity index (χ2v) is 10.9. The predicted octanol–water partition coefficient (Wildman–Crippen LogP) is 6.12. The van der Waals surface area contributed by atoms with Crippen LogP contribution in [0.3, 0.4) is 0 Å². The average molecular weight is 548 g/mol. The van der Waals surface area contributed by atoms with Crippen molar-refractivity contribution < 1.29 is 23.4 Å². The van der Waals surface area contributed by atoms with Gasteiger partial charge < -0.3 is 24.8 Å². The number of nitrogens with zero attached hydrogens (tertiary/aromatic N) is 4. The number of carbonyl (C=O) groups is 1. The van der Waals surface area contributed by atoms with Gasteiger partial charge in [0.05, 0.1) is 24.7 Å². The lowest BCUT2D eigenvalue weighted by Crippen LogP contribution is -2.41. The van der Waals surface area contributed by atoms with Crippen molar-refractivity contribution in [3.8, 4) is 17.2 Å². The molecule has 0 saturated carbocycles. The highest BCUT2D eigenvalue weighted by Crippen LogP contribution is 2.39. The number of methoxy groups -OCH3 is 1. The normalized spacial score (nSPS) is 14.4. The second kappa shape index (κ2) is 11.0. The van der Waals surface area contributed by atoms with E-state index in [4.69, 9.17) is 25.0 Å². The molecule has 1 aliphatic rings. The summed E-state index contributed by atoms with van der Waals surface area (Å²) in [4.78, 5) is 19.0. The van der Waals surface area contributed by atoms with Crippen molar-refractivity contribution in [1.29, 1.82) is 0 Å². The fourth-order valence-corrected chi connectivity index (χ4v) is 4.86. The van der Waals surface area contributed by atoms with Crippen LogP contribution in [0.15, 0.2) is 54.7 Å². The highest BCUT2D eigenvalue weighted by Gasteiger charge is 2.31. The van der Waals surface area contributed by atoms with Crippen LogP contribution >= 0.6 is 0 Å². The van der Waals surface area contributed by atoms with Crippen LogP contribution in [-0.4, -0.2) is 51.6 Å². The van der Waals surface area contributed by atoms with Crippen LogP contribution in [0.1, 0.15) is 50.8 Å². The molecule has 1 amide bonds. The SMILES string of the molecule is COc1ccc(Cn2nc(C3CCN(C(=O)OC(C)(C)C)CC3)c3c(Oc4ccc(N)cc4F)ccnc32)cc1. The topological polar surface area (TPSA) is 105 Å². The number of hydrogen-bond donors (Lipinski definition) is 1. The highest BCUT2D eigenvalue weighted by molar-refractivity contribution is 5.86. The molecule has 2 aromatic heterocycles. The van der Waals surface area contributed by atoms with Gasteiger partial charge in [-0.2, -0.15) is 5.10 Å². The largest absolute Gasteiger partial charge is 0.497 e. The summed E-state index contributed by atoms with van der Waals surface area (Å²) < 4.78 is 33.5. The standard InChI is InChI=1S/C30H34FN5O4/c1-30(2,3)40-29(37)35-15-12-20(13-16-35)27-26-25(39-24-10-7-21(32)17-23(24)31)11-14-33-28(26)36(34-27)18-19-5-8-22(38-4)9-6-19/h5-11,14,17,20H,12-13,15-16,18,32H2,1-4H3. The van der Waals surface area contributed by atoms with Crippen LogP contribution < -0.4 is 15.2 Å². The minimum Gasteiger partial charge on any atom is -0.497 e. The van der Waals surface area contributed by atoms with Gasteiger partial charge in [0.25, 0.3) is 0 Å². The summed E-state index contributed by atoms with van der Waals surface area (Å²) in [6, 6.07) is 13.8. The van der Waals surface area contributed by atoms with Gasteiger partial charge >= 0.3 is 6.09 Å². The van der Waals surface area contributed by atoms with Gasteiger partial charge in [0.1, 0.15) is 17.1 Å². The van der Waals surface area contributed by atoms with Gasteiger partial charge in [-0.1, -0.05) is 12.1 Å². The molecule has 1 fully saturated rings. The maximum atomic E-state index is 14.7. The molecule has 4 aromatic rings. The Bertz CT molecular complexity index is 1510. The lowest BCUT2D eigenvalue weighted by Gasteiger charge is -2.33. The molecule has 1 aliphatic heterocycles. The Morgan fingerprint density at radius 1 is 1.07 bits per heavy atom. The quantitative estimate of drug-likeness (QED) is 0.290. The number of carbonyl (C=O) groups excluding carboxylic acids is 1. The summed E-state index contributed by atoms with van der Waals surface area (Å²) >= 11 is 0. The molecule has 5 rings (SSSR count). The summed E-state index contributed by atoms with van der Waals surface area (Å²) in [5.74, 6) is 0.782. The number of hydrogen-bond acceptors (Lipinski definition) is 7. The molecule has 0 radical (unpaired) electrons. The van der Waals surface area contributed by atoms with Gasteiger partial charge in [-0.05, 0) is 69.5 Å². The number of amides is 1. The van der Waals surface area contributed by atoms with Gasteiger partial charge in [-0.3, -0.25) is 0 Å². The number of ether oxygens (including phenoxy) is 3. The van der Waals surface area contributed by atoms with Crippen LogP contribution in [-0.2, 0) is 11.3 Å². The van der Waals surface area contributed by atoms with Gasteiger partial charge in [0, 0.05) is 37.0 Å². The fraction of sp³-hybridized carbons (Fsp3) is 0.367. The van der Waals surface area contributed by atoms with E-state index >= 15 is 0 Å². The van der Waals surface area contributed by atoms with Crippen molar-refractivity contribution in [2.24, 2.45) is 0 Å².